The van der Waals surface area contributed by atoms with Gasteiger partial charge in [-0.05, 0) is 0 Å². The van der Waals surface area contributed by atoms with E-state index >= 15 is 0 Å². The van der Waals surface area contributed by atoms with E-state index in [4.69, 9.17) is 0 Å². The van der Waals surface area contributed by atoms with E-state index < -0.39 is 5.81 Å². The number of piperidine rings is 2. The van der Waals surface area contributed by atoms with Crippen LogP contribution in [-0.4, -0.2) is 49.6 Å². The number of benzene rings is 1. The van der Waals surface area contributed by atoms with Gasteiger partial charge in [-0.25, -0.2) is 0 Å². The molecular formula is C18H29N2PSe. The molecule has 2 atom stereocenters. The van der Waals surface area contributed by atoms with Crippen LogP contribution in [0.3, 0.4) is 0 Å². The summed E-state index contributed by atoms with van der Waals surface area (Å²) in [6, 6.07) is 12.7. The van der Waals surface area contributed by atoms with Gasteiger partial charge in [-0.15, -0.1) is 0 Å². The molecule has 0 radical (unpaired) electrons. The molecule has 3 rings (SSSR count). The van der Waals surface area contributed by atoms with Gasteiger partial charge < -0.3 is 0 Å². The fraction of sp³-hybridized carbons (Fsp3) is 0.667. The van der Waals surface area contributed by atoms with Crippen molar-refractivity contribution in [1.82, 2.24) is 9.34 Å². The fourth-order valence-electron chi connectivity index (χ4n) is 4.04. The molecule has 2 unspecified atom stereocenters. The third-order valence-corrected chi connectivity index (χ3v) is 12.8. The van der Waals surface area contributed by atoms with Crippen molar-refractivity contribution in [3.63, 3.8) is 0 Å². The molecule has 4 heteroatoms. The maximum atomic E-state index is 3.77. The quantitative estimate of drug-likeness (QED) is 0.575. The van der Waals surface area contributed by atoms with Gasteiger partial charge in [0.15, 0.2) is 0 Å². The fourth-order valence-corrected chi connectivity index (χ4v) is 11.4. The molecule has 2 aliphatic rings. The molecule has 0 saturated carbocycles. The van der Waals surface area contributed by atoms with Gasteiger partial charge in [-0.3, -0.25) is 0 Å². The van der Waals surface area contributed by atoms with Crippen LogP contribution >= 0.6 is 5.81 Å². The van der Waals surface area contributed by atoms with E-state index in [1.807, 2.05) is 0 Å². The molecule has 2 nitrogen and oxygen atoms in total. The molecule has 0 amide bonds. The number of hydrogen-bond donors (Lipinski definition) is 0. The van der Waals surface area contributed by atoms with Crippen molar-refractivity contribution in [1.29, 1.82) is 0 Å². The van der Waals surface area contributed by atoms with Crippen LogP contribution in [-0.2, 0) is 0 Å². The molecule has 0 aliphatic carbocycles. The Hall–Kier alpha value is 0.0895. The second kappa shape index (κ2) is 7.32. The zero-order valence-electron chi connectivity index (χ0n) is 13.9. The van der Waals surface area contributed by atoms with Gasteiger partial charge in [0.25, 0.3) is 0 Å². The van der Waals surface area contributed by atoms with Gasteiger partial charge >= 0.3 is 143 Å². The Bertz CT molecular complexity index is 507. The first kappa shape index (κ1) is 16.9. The average Bonchev–Trinajstić information content (AvgIpc) is 2.56. The van der Waals surface area contributed by atoms with Crippen molar-refractivity contribution in [2.45, 2.75) is 64.5 Å². The minimum absolute atomic E-state index is 0.692. The Morgan fingerprint density at radius 3 is 1.82 bits per heavy atom. The van der Waals surface area contributed by atoms with E-state index in [2.05, 4.69) is 68.6 Å². The summed E-state index contributed by atoms with van der Waals surface area (Å²) in [7, 11) is 0. The van der Waals surface area contributed by atoms with Crippen molar-refractivity contribution in [2.75, 3.05) is 13.1 Å². The molecule has 1 aromatic carbocycles. The topological polar surface area (TPSA) is 6.48 Å². The summed E-state index contributed by atoms with van der Waals surface area (Å²) in [4.78, 5) is 0. The van der Waals surface area contributed by atoms with Crippen molar-refractivity contribution < 1.29 is 0 Å². The summed E-state index contributed by atoms with van der Waals surface area (Å²) in [5, 5.41) is 1.53. The van der Waals surface area contributed by atoms with Gasteiger partial charge in [-0.2, -0.15) is 0 Å². The normalized spacial score (nSPS) is 30.8. The van der Waals surface area contributed by atoms with Gasteiger partial charge in [0.1, 0.15) is 0 Å². The van der Waals surface area contributed by atoms with E-state index in [0.29, 0.717) is 12.1 Å². The van der Waals surface area contributed by atoms with Crippen LogP contribution in [0.15, 0.2) is 30.3 Å². The van der Waals surface area contributed by atoms with Crippen molar-refractivity contribution in [3.8, 4) is 0 Å². The van der Waals surface area contributed by atoms with Gasteiger partial charge in [0, 0.05) is 0 Å². The third-order valence-electron chi connectivity index (χ3n) is 5.32. The van der Waals surface area contributed by atoms with Gasteiger partial charge in [0.05, 0.1) is 0 Å². The summed E-state index contributed by atoms with van der Waals surface area (Å²) >= 11 is 3.77. The number of hydrogen-bond acceptors (Lipinski definition) is 2. The van der Waals surface area contributed by atoms with Crippen LogP contribution in [0, 0.1) is 0 Å². The summed E-state index contributed by atoms with van der Waals surface area (Å²) in [5.41, 5.74) is 0. The van der Waals surface area contributed by atoms with E-state index in [1.54, 1.807) is 0 Å². The molecule has 2 heterocycles. The van der Waals surface area contributed by atoms with Crippen LogP contribution in [0.1, 0.15) is 52.4 Å². The van der Waals surface area contributed by atoms with E-state index in [1.165, 1.54) is 56.9 Å². The van der Waals surface area contributed by atoms with E-state index in [-0.39, 0.29) is 0 Å². The summed E-state index contributed by atoms with van der Waals surface area (Å²) in [5.74, 6) is -1.54. The molecule has 0 bridgehead atoms. The molecule has 2 fully saturated rings. The second-order valence-corrected chi connectivity index (χ2v) is 12.7. The van der Waals surface area contributed by atoms with Crippen molar-refractivity contribution in [3.05, 3.63) is 30.3 Å². The van der Waals surface area contributed by atoms with Crippen molar-refractivity contribution in [2.24, 2.45) is 0 Å². The minimum atomic E-state index is -1.54. The van der Waals surface area contributed by atoms with Crippen LogP contribution in [0.2, 0.25) is 0 Å². The first-order chi connectivity index (χ1) is 10.6. The van der Waals surface area contributed by atoms with Gasteiger partial charge in [-0.1, -0.05) is 0 Å². The Morgan fingerprint density at radius 1 is 0.864 bits per heavy atom. The zero-order valence-corrected chi connectivity index (χ0v) is 16.6. The van der Waals surface area contributed by atoms with Crippen molar-refractivity contribution >= 4 is 26.2 Å². The molecular weight excluding hydrogens is 354 g/mol. The first-order valence-electron chi connectivity index (χ1n) is 8.84. The zero-order chi connectivity index (χ0) is 15.6. The number of nitrogens with zero attached hydrogens (tertiary/aromatic N) is 2. The van der Waals surface area contributed by atoms with Gasteiger partial charge in [0.2, 0.25) is 0 Å². The standard InChI is InChI=1S/C18H29N2PSe/c1-16-10-6-8-14-19(16)21(22,18-12-4-3-5-13-18)20-15-9-7-11-17(20)2/h3-5,12-13,16-17H,6-11,14-15H2,1-2H3. The molecule has 0 spiro atoms. The Labute approximate surface area is 143 Å². The first-order valence-corrected chi connectivity index (χ1v) is 12.7. The molecule has 0 N–H and O–H groups in total. The molecule has 2 aliphatic heterocycles. The average molecular weight is 383 g/mol. The SMILES string of the molecule is CC1CCCCN1P(=[Se])(c1ccccc1)N1CCCCC1C. The Kier molecular flexibility index (Phi) is 5.64. The van der Waals surface area contributed by atoms with Crippen LogP contribution in [0.5, 0.6) is 0 Å². The third kappa shape index (κ3) is 3.17. The predicted octanol–water partition coefficient (Wildman–Crippen LogP) is 3.99. The Morgan fingerprint density at radius 2 is 1.36 bits per heavy atom. The summed E-state index contributed by atoms with van der Waals surface area (Å²) in [6.07, 6.45) is 8.17. The molecule has 22 heavy (non-hydrogen) atoms. The molecule has 0 aromatic heterocycles. The van der Waals surface area contributed by atoms with E-state index in [9.17, 15) is 0 Å². The molecule has 1 aromatic rings. The van der Waals surface area contributed by atoms with E-state index in [0.717, 1.165) is 0 Å². The van der Waals surface area contributed by atoms with Crippen LogP contribution in [0.25, 0.3) is 0 Å². The Balaban J connectivity index is 2.03. The van der Waals surface area contributed by atoms with Crippen LogP contribution < -0.4 is 5.30 Å². The summed E-state index contributed by atoms with van der Waals surface area (Å²) < 4.78 is 5.68. The number of rotatable bonds is 3. The molecule has 122 valence electrons. The molecule has 2 saturated heterocycles. The summed E-state index contributed by atoms with van der Waals surface area (Å²) in [6.45, 7) is 7.37. The van der Waals surface area contributed by atoms with Crippen LogP contribution in [0.4, 0.5) is 0 Å². The maximum absolute atomic E-state index is 3.77. The second-order valence-electron chi connectivity index (χ2n) is 6.90. The monoisotopic (exact) mass is 384 g/mol. The predicted molar refractivity (Wildman–Crippen MR) is 98.8 cm³/mol.